The minimum atomic E-state index is -1.28. The Labute approximate surface area is 146 Å². The summed E-state index contributed by atoms with van der Waals surface area (Å²) in [5, 5.41) is 0. The number of nitrogens with zero attached hydrogens (tertiary/aromatic N) is 2. The van der Waals surface area contributed by atoms with Crippen molar-refractivity contribution in [2.24, 2.45) is 4.40 Å². The standard InChI is InChI=1S/C18H26N2O3S/c1-17(2,3)23-16(21)20-11-14-8-7-13(9-15(14)12-20)10-19-24(22)18(4,5)6/h7-10H,11-12H2,1-6H3/b19-10+/t24-/m1/s1. The molecule has 2 rings (SSSR count). The molecular formula is C18H26N2O3S. The van der Waals surface area contributed by atoms with Crippen LogP contribution in [-0.2, 0) is 28.8 Å². The first kappa shape index (κ1) is 18.6. The van der Waals surface area contributed by atoms with Gasteiger partial charge in [-0.1, -0.05) is 12.1 Å². The number of hydrogen-bond donors (Lipinski definition) is 0. The highest BCUT2D eigenvalue weighted by Crippen LogP contribution is 2.25. The Balaban J connectivity index is 2.08. The van der Waals surface area contributed by atoms with Gasteiger partial charge in [0.05, 0.1) is 4.75 Å². The van der Waals surface area contributed by atoms with Crippen LogP contribution in [0.3, 0.4) is 0 Å². The lowest BCUT2D eigenvalue weighted by Crippen LogP contribution is -2.33. The van der Waals surface area contributed by atoms with E-state index in [1.54, 1.807) is 11.1 Å². The van der Waals surface area contributed by atoms with Crippen molar-refractivity contribution in [1.82, 2.24) is 4.90 Å². The Bertz CT molecular complexity index is 684. The van der Waals surface area contributed by atoms with E-state index >= 15 is 0 Å². The van der Waals surface area contributed by atoms with Crippen LogP contribution in [0.1, 0.15) is 58.2 Å². The Hall–Kier alpha value is -1.69. The van der Waals surface area contributed by atoms with Gasteiger partial charge in [0, 0.05) is 19.3 Å². The van der Waals surface area contributed by atoms with Gasteiger partial charge >= 0.3 is 6.09 Å². The van der Waals surface area contributed by atoms with Crippen LogP contribution in [0.25, 0.3) is 0 Å². The van der Waals surface area contributed by atoms with Crippen molar-refractivity contribution in [1.29, 1.82) is 0 Å². The van der Waals surface area contributed by atoms with Gasteiger partial charge in [0.2, 0.25) is 0 Å². The molecule has 0 aliphatic carbocycles. The monoisotopic (exact) mass is 350 g/mol. The zero-order chi connectivity index (χ0) is 18.1. The van der Waals surface area contributed by atoms with Crippen molar-refractivity contribution >= 4 is 23.3 Å². The van der Waals surface area contributed by atoms with Crippen LogP contribution in [0.15, 0.2) is 22.6 Å². The van der Waals surface area contributed by atoms with Crippen LogP contribution in [0.4, 0.5) is 4.79 Å². The molecule has 0 N–H and O–H groups in total. The Morgan fingerprint density at radius 1 is 1.17 bits per heavy atom. The quantitative estimate of drug-likeness (QED) is 0.762. The molecule has 1 aliphatic heterocycles. The van der Waals surface area contributed by atoms with Gasteiger partial charge in [-0.3, -0.25) is 4.90 Å². The highest BCUT2D eigenvalue weighted by Gasteiger charge is 2.27. The Morgan fingerprint density at radius 3 is 2.38 bits per heavy atom. The van der Waals surface area contributed by atoms with Crippen molar-refractivity contribution < 1.29 is 13.7 Å². The van der Waals surface area contributed by atoms with Crippen LogP contribution in [-0.4, -0.2) is 31.8 Å². The van der Waals surface area contributed by atoms with Crippen molar-refractivity contribution in [3.8, 4) is 0 Å². The number of benzene rings is 1. The van der Waals surface area contributed by atoms with Gasteiger partial charge in [-0.05, 0) is 64.3 Å². The predicted octanol–water partition coefficient (Wildman–Crippen LogP) is 3.82. The fourth-order valence-corrected chi connectivity index (χ4v) is 2.75. The average Bonchev–Trinajstić information content (AvgIpc) is 2.85. The number of hydrogen-bond acceptors (Lipinski definition) is 3. The molecule has 0 fully saturated rings. The van der Waals surface area contributed by atoms with E-state index in [1.165, 1.54) is 0 Å². The van der Waals surface area contributed by atoms with E-state index in [9.17, 15) is 9.00 Å². The first-order chi connectivity index (χ1) is 11.0. The normalized spacial score (nSPS) is 16.3. The number of ether oxygens (including phenoxy) is 1. The molecule has 1 amide bonds. The van der Waals surface area contributed by atoms with Crippen LogP contribution in [0.2, 0.25) is 0 Å². The molecule has 0 saturated heterocycles. The molecule has 1 aromatic rings. The third-order valence-electron chi connectivity index (χ3n) is 3.43. The molecule has 0 spiro atoms. The molecule has 24 heavy (non-hydrogen) atoms. The molecule has 0 bridgehead atoms. The second-order valence-corrected chi connectivity index (χ2v) is 9.89. The molecule has 0 saturated carbocycles. The van der Waals surface area contributed by atoms with Crippen molar-refractivity contribution in [2.45, 2.75) is 65.0 Å². The second-order valence-electron chi connectivity index (χ2n) is 7.96. The number of fused-ring (bicyclic) bond motifs is 1. The van der Waals surface area contributed by atoms with E-state index in [-0.39, 0.29) is 10.8 Å². The number of carbonyl (C=O) groups excluding carboxylic acids is 1. The Kier molecular flexibility index (Phi) is 5.18. The first-order valence-corrected chi connectivity index (χ1v) is 9.12. The minimum Gasteiger partial charge on any atom is -0.444 e. The third kappa shape index (κ3) is 4.90. The van der Waals surface area contributed by atoms with Gasteiger partial charge in [-0.15, -0.1) is 0 Å². The van der Waals surface area contributed by atoms with Crippen molar-refractivity contribution in [3.05, 3.63) is 34.9 Å². The summed E-state index contributed by atoms with van der Waals surface area (Å²) < 4.78 is 21.2. The number of amides is 1. The lowest BCUT2D eigenvalue weighted by molar-refractivity contribution is 0.0242. The molecule has 1 heterocycles. The summed E-state index contributed by atoms with van der Waals surface area (Å²) in [4.78, 5) is 13.9. The molecule has 6 heteroatoms. The molecule has 1 atom stereocenters. The van der Waals surface area contributed by atoms with E-state index in [1.807, 2.05) is 59.7 Å². The molecule has 5 nitrogen and oxygen atoms in total. The summed E-state index contributed by atoms with van der Waals surface area (Å²) in [5.74, 6) is 0. The summed E-state index contributed by atoms with van der Waals surface area (Å²) >= 11 is 0. The SMILES string of the molecule is CC(C)(C)OC(=O)N1Cc2ccc(/C=N/[S@](=O)C(C)(C)C)cc2C1. The summed E-state index contributed by atoms with van der Waals surface area (Å²) in [5.41, 5.74) is 2.57. The molecular weight excluding hydrogens is 324 g/mol. The predicted molar refractivity (Wildman–Crippen MR) is 97.4 cm³/mol. The fourth-order valence-electron chi connectivity index (χ4n) is 2.22. The minimum absolute atomic E-state index is 0.303. The molecule has 1 aromatic carbocycles. The number of carbonyl (C=O) groups is 1. The van der Waals surface area contributed by atoms with Gasteiger partial charge in [0.1, 0.15) is 16.6 Å². The van der Waals surface area contributed by atoms with E-state index < -0.39 is 16.6 Å². The maximum absolute atomic E-state index is 12.2. The van der Waals surface area contributed by atoms with Gasteiger partial charge < -0.3 is 4.74 Å². The van der Waals surface area contributed by atoms with Gasteiger partial charge in [0.25, 0.3) is 0 Å². The smallest absolute Gasteiger partial charge is 0.410 e. The molecule has 1 aliphatic rings. The van der Waals surface area contributed by atoms with Crippen LogP contribution < -0.4 is 0 Å². The van der Waals surface area contributed by atoms with E-state index in [2.05, 4.69) is 4.40 Å². The lowest BCUT2D eigenvalue weighted by atomic mass is 10.1. The second kappa shape index (κ2) is 6.67. The number of rotatable bonds is 2. The highest BCUT2D eigenvalue weighted by molar-refractivity contribution is 7.85. The summed E-state index contributed by atoms with van der Waals surface area (Å²) in [6, 6.07) is 5.91. The highest BCUT2D eigenvalue weighted by atomic mass is 32.2. The van der Waals surface area contributed by atoms with Gasteiger partial charge in [0.15, 0.2) is 0 Å². The van der Waals surface area contributed by atoms with Crippen LogP contribution in [0, 0.1) is 0 Å². The van der Waals surface area contributed by atoms with Crippen LogP contribution >= 0.6 is 0 Å². The van der Waals surface area contributed by atoms with Gasteiger partial charge in [-0.25, -0.2) is 9.00 Å². The van der Waals surface area contributed by atoms with E-state index in [4.69, 9.17) is 4.74 Å². The van der Waals surface area contributed by atoms with Gasteiger partial charge in [-0.2, -0.15) is 4.40 Å². The topological polar surface area (TPSA) is 59.0 Å². The van der Waals surface area contributed by atoms with E-state index in [0.717, 1.165) is 16.7 Å². The molecule has 0 radical (unpaired) electrons. The average molecular weight is 350 g/mol. The largest absolute Gasteiger partial charge is 0.444 e. The van der Waals surface area contributed by atoms with E-state index in [0.29, 0.717) is 13.1 Å². The van der Waals surface area contributed by atoms with Crippen molar-refractivity contribution in [2.75, 3.05) is 0 Å². The lowest BCUT2D eigenvalue weighted by Gasteiger charge is -2.24. The third-order valence-corrected chi connectivity index (χ3v) is 4.77. The molecule has 132 valence electrons. The summed E-state index contributed by atoms with van der Waals surface area (Å²) in [6.07, 6.45) is 1.33. The first-order valence-electron chi connectivity index (χ1n) is 8.01. The maximum Gasteiger partial charge on any atom is 0.410 e. The zero-order valence-electron chi connectivity index (χ0n) is 15.3. The zero-order valence-corrected chi connectivity index (χ0v) is 16.1. The summed E-state index contributed by atoms with van der Waals surface area (Å²) in [6.45, 7) is 12.3. The van der Waals surface area contributed by atoms with Crippen LogP contribution in [0.5, 0.6) is 0 Å². The maximum atomic E-state index is 12.2. The fraction of sp³-hybridized carbons (Fsp3) is 0.556. The molecule has 0 aromatic heterocycles. The summed E-state index contributed by atoms with van der Waals surface area (Å²) in [7, 11) is -1.28. The van der Waals surface area contributed by atoms with Crippen molar-refractivity contribution in [3.63, 3.8) is 0 Å². The molecule has 0 unspecified atom stereocenters. The Morgan fingerprint density at radius 2 is 1.79 bits per heavy atom.